The summed E-state index contributed by atoms with van der Waals surface area (Å²) >= 11 is 1.87. The zero-order valence-electron chi connectivity index (χ0n) is 12.9. The lowest BCUT2D eigenvalue weighted by Gasteiger charge is -2.20. The summed E-state index contributed by atoms with van der Waals surface area (Å²) in [5.74, 6) is 0.527. The molecule has 0 unspecified atom stereocenters. The van der Waals surface area contributed by atoms with E-state index in [1.807, 2.05) is 32.5 Å². The van der Waals surface area contributed by atoms with Gasteiger partial charge in [0.05, 0.1) is 11.7 Å². The van der Waals surface area contributed by atoms with Gasteiger partial charge in [-0.2, -0.15) is 21.8 Å². The average molecular weight is 307 g/mol. The summed E-state index contributed by atoms with van der Waals surface area (Å²) in [5.41, 5.74) is 0.270. The lowest BCUT2D eigenvalue weighted by Crippen LogP contribution is -2.25. The minimum Gasteiger partial charge on any atom is -0.354 e. The molecule has 0 saturated heterocycles. The fourth-order valence-electron chi connectivity index (χ4n) is 2.33. The standard InChI is InChI=1S/C14H21N5OS/c1-13(2,3)19-10-9(7-16-19)11(20)18-12(17-10)15-8-14(21-4)5-6-14/h7H,5-6,8H2,1-4H3,(H2,15,17,18,20). The normalized spacial score (nSPS) is 17.1. The quantitative estimate of drug-likeness (QED) is 0.905. The molecule has 0 aromatic carbocycles. The van der Waals surface area contributed by atoms with E-state index in [4.69, 9.17) is 0 Å². The van der Waals surface area contributed by atoms with Crippen LogP contribution >= 0.6 is 11.8 Å². The van der Waals surface area contributed by atoms with Crippen molar-refractivity contribution < 1.29 is 0 Å². The molecular weight excluding hydrogens is 286 g/mol. The van der Waals surface area contributed by atoms with Crippen LogP contribution in [0.3, 0.4) is 0 Å². The van der Waals surface area contributed by atoms with E-state index in [-0.39, 0.29) is 11.1 Å². The minimum absolute atomic E-state index is 0.146. The monoisotopic (exact) mass is 307 g/mol. The molecule has 114 valence electrons. The molecule has 1 aliphatic carbocycles. The van der Waals surface area contributed by atoms with Crippen molar-refractivity contribution in [2.24, 2.45) is 0 Å². The predicted molar refractivity (Wildman–Crippen MR) is 87.1 cm³/mol. The van der Waals surface area contributed by atoms with Crippen LogP contribution in [0.1, 0.15) is 33.6 Å². The fraction of sp³-hybridized carbons (Fsp3) is 0.643. The number of hydrogen-bond donors (Lipinski definition) is 2. The molecular formula is C14H21N5OS. The topological polar surface area (TPSA) is 75.6 Å². The van der Waals surface area contributed by atoms with Crippen LogP contribution in [0.25, 0.3) is 11.0 Å². The van der Waals surface area contributed by atoms with Crippen molar-refractivity contribution >= 4 is 28.7 Å². The number of hydrogen-bond acceptors (Lipinski definition) is 5. The molecule has 1 saturated carbocycles. The molecule has 0 bridgehead atoms. The summed E-state index contributed by atoms with van der Waals surface area (Å²) < 4.78 is 2.11. The molecule has 0 spiro atoms. The summed E-state index contributed by atoms with van der Waals surface area (Å²) in [6.45, 7) is 6.96. The zero-order chi connectivity index (χ0) is 15.3. The highest BCUT2D eigenvalue weighted by atomic mass is 32.2. The molecule has 0 aliphatic heterocycles. The first-order valence-corrected chi connectivity index (χ1v) is 8.35. The molecule has 7 heteroatoms. The second-order valence-electron chi connectivity index (χ2n) is 6.62. The summed E-state index contributed by atoms with van der Waals surface area (Å²) in [6.07, 6.45) is 6.14. The molecule has 3 rings (SSSR count). The summed E-state index contributed by atoms with van der Waals surface area (Å²) in [5, 5.41) is 8.11. The molecule has 2 heterocycles. The van der Waals surface area contributed by atoms with Crippen molar-refractivity contribution in [2.75, 3.05) is 18.1 Å². The van der Waals surface area contributed by atoms with Gasteiger partial charge in [0.2, 0.25) is 5.95 Å². The number of H-pyrrole nitrogens is 1. The Bertz CT molecular complexity index is 723. The highest BCUT2D eigenvalue weighted by molar-refractivity contribution is 8.00. The molecule has 0 amide bonds. The van der Waals surface area contributed by atoms with E-state index >= 15 is 0 Å². The molecule has 1 aliphatic rings. The van der Waals surface area contributed by atoms with Crippen molar-refractivity contribution in [2.45, 2.75) is 43.9 Å². The number of rotatable bonds is 4. The van der Waals surface area contributed by atoms with Gasteiger partial charge >= 0.3 is 0 Å². The smallest absolute Gasteiger partial charge is 0.263 e. The number of fused-ring (bicyclic) bond motifs is 1. The molecule has 1 fully saturated rings. The van der Waals surface area contributed by atoms with E-state index in [1.54, 1.807) is 10.9 Å². The van der Waals surface area contributed by atoms with Gasteiger partial charge in [-0.1, -0.05) is 0 Å². The minimum atomic E-state index is -0.212. The predicted octanol–water partition coefficient (Wildman–Crippen LogP) is 2.18. The third-order valence-corrected chi connectivity index (χ3v) is 5.31. The third-order valence-electron chi connectivity index (χ3n) is 3.89. The van der Waals surface area contributed by atoms with E-state index in [0.29, 0.717) is 21.7 Å². The van der Waals surface area contributed by atoms with Crippen LogP contribution in [0.2, 0.25) is 0 Å². The molecule has 0 radical (unpaired) electrons. The SMILES string of the molecule is CSC1(CNc2nc3c(cnn3C(C)(C)C)c(=O)[nH]2)CC1. The Hall–Kier alpha value is -1.50. The highest BCUT2D eigenvalue weighted by Gasteiger charge is 2.41. The van der Waals surface area contributed by atoms with Gasteiger partial charge in [0.1, 0.15) is 5.39 Å². The van der Waals surface area contributed by atoms with E-state index in [0.717, 1.165) is 6.54 Å². The Kier molecular flexibility index (Phi) is 3.27. The van der Waals surface area contributed by atoms with Crippen LogP contribution in [-0.4, -0.2) is 37.3 Å². The highest BCUT2D eigenvalue weighted by Crippen LogP contribution is 2.46. The van der Waals surface area contributed by atoms with Gasteiger partial charge in [-0.25, -0.2) is 4.68 Å². The van der Waals surface area contributed by atoms with Gasteiger partial charge < -0.3 is 5.32 Å². The summed E-state index contributed by atoms with van der Waals surface area (Å²) in [6, 6.07) is 0. The van der Waals surface area contributed by atoms with Crippen LogP contribution in [0.5, 0.6) is 0 Å². The van der Waals surface area contributed by atoms with Gasteiger partial charge in [0.15, 0.2) is 5.65 Å². The van der Waals surface area contributed by atoms with Crippen molar-refractivity contribution in [3.05, 3.63) is 16.6 Å². The Morgan fingerprint density at radius 1 is 1.48 bits per heavy atom. The van der Waals surface area contributed by atoms with Crippen LogP contribution < -0.4 is 10.9 Å². The number of anilines is 1. The molecule has 2 N–H and O–H groups in total. The Morgan fingerprint density at radius 2 is 2.19 bits per heavy atom. The van der Waals surface area contributed by atoms with Crippen LogP contribution in [0.4, 0.5) is 5.95 Å². The van der Waals surface area contributed by atoms with Crippen molar-refractivity contribution in [3.63, 3.8) is 0 Å². The second kappa shape index (κ2) is 4.76. The lowest BCUT2D eigenvalue weighted by molar-refractivity contribution is 0.366. The Morgan fingerprint density at radius 3 is 2.76 bits per heavy atom. The van der Waals surface area contributed by atoms with Gasteiger partial charge in [-0.15, -0.1) is 0 Å². The van der Waals surface area contributed by atoms with Gasteiger partial charge in [-0.3, -0.25) is 9.78 Å². The van der Waals surface area contributed by atoms with Gasteiger partial charge in [0.25, 0.3) is 5.56 Å². The average Bonchev–Trinajstić information content (AvgIpc) is 3.06. The van der Waals surface area contributed by atoms with Crippen molar-refractivity contribution in [3.8, 4) is 0 Å². The molecule has 0 atom stereocenters. The third kappa shape index (κ3) is 2.66. The van der Waals surface area contributed by atoms with E-state index in [1.165, 1.54) is 12.8 Å². The van der Waals surface area contributed by atoms with Crippen LogP contribution in [-0.2, 0) is 5.54 Å². The van der Waals surface area contributed by atoms with Gasteiger partial charge in [-0.05, 0) is 39.9 Å². The summed E-state index contributed by atoms with van der Waals surface area (Å²) in [7, 11) is 0. The Labute approximate surface area is 127 Å². The molecule has 2 aromatic rings. The number of nitrogens with zero attached hydrogens (tertiary/aromatic N) is 3. The second-order valence-corrected chi connectivity index (χ2v) is 7.89. The zero-order valence-corrected chi connectivity index (χ0v) is 13.7. The molecule has 2 aromatic heterocycles. The Balaban J connectivity index is 1.95. The number of aromatic nitrogens is 4. The lowest BCUT2D eigenvalue weighted by atomic mass is 10.1. The van der Waals surface area contributed by atoms with Gasteiger partial charge in [0, 0.05) is 11.3 Å². The largest absolute Gasteiger partial charge is 0.354 e. The van der Waals surface area contributed by atoms with Crippen LogP contribution in [0.15, 0.2) is 11.0 Å². The van der Waals surface area contributed by atoms with Crippen LogP contribution in [0, 0.1) is 0 Å². The van der Waals surface area contributed by atoms with E-state index in [2.05, 4.69) is 26.6 Å². The van der Waals surface area contributed by atoms with E-state index < -0.39 is 0 Å². The first kappa shape index (κ1) is 14.4. The maximum atomic E-state index is 12.2. The number of aromatic amines is 1. The molecule has 6 nitrogen and oxygen atoms in total. The number of thioether (sulfide) groups is 1. The van der Waals surface area contributed by atoms with E-state index in [9.17, 15) is 4.79 Å². The van der Waals surface area contributed by atoms with Crippen molar-refractivity contribution in [1.82, 2.24) is 19.7 Å². The molecule has 21 heavy (non-hydrogen) atoms. The van der Waals surface area contributed by atoms with Crippen molar-refractivity contribution in [1.29, 1.82) is 0 Å². The first-order valence-electron chi connectivity index (χ1n) is 7.12. The number of nitrogens with one attached hydrogen (secondary N) is 2. The maximum Gasteiger partial charge on any atom is 0.263 e. The first-order chi connectivity index (χ1) is 9.85. The fourth-order valence-corrected chi connectivity index (χ4v) is 3.06. The maximum absolute atomic E-state index is 12.2. The summed E-state index contributed by atoms with van der Waals surface area (Å²) in [4.78, 5) is 19.5.